The highest BCUT2D eigenvalue weighted by atomic mass is 15.0. The van der Waals surface area contributed by atoms with Crippen LogP contribution in [0.15, 0.2) is 170 Å². The summed E-state index contributed by atoms with van der Waals surface area (Å²) >= 11 is 0. The van der Waals surface area contributed by atoms with Crippen molar-refractivity contribution in [2.24, 2.45) is 0 Å². The van der Waals surface area contributed by atoms with Gasteiger partial charge in [0.25, 0.3) is 0 Å². The van der Waals surface area contributed by atoms with Crippen LogP contribution in [0.1, 0.15) is 25.0 Å². The van der Waals surface area contributed by atoms with Gasteiger partial charge in [0.05, 0.1) is 11.0 Å². The topological polar surface area (TPSA) is 4.93 Å². The van der Waals surface area contributed by atoms with Crippen LogP contribution in [0.4, 0.5) is 0 Å². The summed E-state index contributed by atoms with van der Waals surface area (Å²) in [5.74, 6) is 0. The summed E-state index contributed by atoms with van der Waals surface area (Å²) in [5, 5.41) is 10.7. The van der Waals surface area contributed by atoms with Gasteiger partial charge in [0.2, 0.25) is 0 Å². The normalized spacial score (nSPS) is 11.3. The number of aryl methyl sites for hydroxylation is 1. The van der Waals surface area contributed by atoms with E-state index in [9.17, 15) is 0 Å². The first-order chi connectivity index (χ1) is 22.6. The Morgan fingerprint density at radius 1 is 0.478 bits per heavy atom. The maximum absolute atomic E-state index is 3.46. The van der Waals surface area contributed by atoms with Crippen molar-refractivity contribution in [2.75, 3.05) is 0 Å². The zero-order valence-corrected chi connectivity index (χ0v) is 26.8. The molecule has 7 aromatic carbocycles. The van der Waals surface area contributed by atoms with Gasteiger partial charge >= 0.3 is 0 Å². The number of para-hydroxylation sites is 2. The van der Waals surface area contributed by atoms with Crippen molar-refractivity contribution in [3.63, 3.8) is 0 Å². The molecule has 1 heteroatoms. The molecule has 0 amide bonds. The lowest BCUT2D eigenvalue weighted by molar-refractivity contribution is 1.18. The molecule has 46 heavy (non-hydrogen) atoms. The number of nitrogens with zero attached hydrogens (tertiary/aromatic N) is 1. The van der Waals surface area contributed by atoms with Gasteiger partial charge in [-0.05, 0) is 82.9 Å². The number of fused-ring (bicyclic) bond motifs is 9. The Hall–Kier alpha value is -5.66. The standard InChI is InChI=1S/C21H17N.C19H14.C5H8/c1-2-7-16-12-14-17(15-13-16)22-20-10-5-3-8-18(20)19-9-4-6-11-21(19)22;1-13-10-11-18-16-8-3-2-6-14(16)15-7-4-5-9-17(15)19(18)12-13;1-3-5-4-2/h2-15H,1H3;2-12H,1H3;3-5H,1H2,2H3/b7-2+;;5-4-. The van der Waals surface area contributed by atoms with Crippen LogP contribution in [-0.4, -0.2) is 4.57 Å². The SMILES string of the molecule is C/C=C/c1ccc(-n2c3ccccc3c3ccccc32)cc1.C=C/C=C\C.Cc1ccc2c3ccccc3c3ccccc3c2c1. The maximum atomic E-state index is 3.46. The molecule has 224 valence electrons. The van der Waals surface area contributed by atoms with Gasteiger partial charge in [-0.2, -0.15) is 0 Å². The lowest BCUT2D eigenvalue weighted by Gasteiger charge is -2.10. The van der Waals surface area contributed by atoms with Gasteiger partial charge in [-0.25, -0.2) is 0 Å². The summed E-state index contributed by atoms with van der Waals surface area (Å²) in [6.45, 7) is 9.62. The summed E-state index contributed by atoms with van der Waals surface area (Å²) in [6.07, 6.45) is 9.76. The fraction of sp³-hybridized carbons (Fsp3) is 0.0667. The lowest BCUT2D eigenvalue weighted by Crippen LogP contribution is -1.93. The smallest absolute Gasteiger partial charge is 0.0541 e. The predicted octanol–water partition coefficient (Wildman–Crippen LogP) is 13.0. The first kappa shape index (κ1) is 30.4. The Morgan fingerprint density at radius 2 is 0.935 bits per heavy atom. The van der Waals surface area contributed by atoms with Crippen molar-refractivity contribution in [1.82, 2.24) is 4.57 Å². The minimum atomic E-state index is 1.20. The fourth-order valence-corrected chi connectivity index (χ4v) is 6.29. The molecule has 0 saturated carbocycles. The largest absolute Gasteiger partial charge is 0.309 e. The van der Waals surface area contributed by atoms with Crippen LogP contribution in [0, 0.1) is 6.92 Å². The molecule has 1 nitrogen and oxygen atoms in total. The van der Waals surface area contributed by atoms with Crippen molar-refractivity contribution in [3.8, 4) is 5.69 Å². The Bertz CT molecular complexity index is 2260. The highest BCUT2D eigenvalue weighted by molar-refractivity contribution is 6.25. The van der Waals surface area contributed by atoms with Crippen LogP contribution in [0.25, 0.3) is 65.9 Å². The van der Waals surface area contributed by atoms with E-state index in [1.807, 2.05) is 26.0 Å². The lowest BCUT2D eigenvalue weighted by atomic mass is 9.93. The summed E-state index contributed by atoms with van der Waals surface area (Å²) < 4.78 is 2.34. The van der Waals surface area contributed by atoms with Crippen molar-refractivity contribution in [3.05, 3.63) is 182 Å². The number of hydrogen-bond donors (Lipinski definition) is 0. The van der Waals surface area contributed by atoms with Crippen molar-refractivity contribution >= 4 is 60.2 Å². The van der Waals surface area contributed by atoms with Crippen molar-refractivity contribution in [1.29, 1.82) is 0 Å². The first-order valence-electron chi connectivity index (χ1n) is 15.9. The van der Waals surface area contributed by atoms with Crippen molar-refractivity contribution < 1.29 is 0 Å². The summed E-state index contributed by atoms with van der Waals surface area (Å²) in [7, 11) is 0. The number of allylic oxidation sites excluding steroid dienone is 4. The summed E-state index contributed by atoms with van der Waals surface area (Å²) in [5.41, 5.74) is 6.25. The van der Waals surface area contributed by atoms with Crippen LogP contribution >= 0.6 is 0 Å². The number of hydrogen-bond acceptors (Lipinski definition) is 0. The van der Waals surface area contributed by atoms with E-state index in [4.69, 9.17) is 0 Å². The molecule has 1 aromatic heterocycles. The Kier molecular flexibility index (Phi) is 9.22. The molecule has 0 aliphatic heterocycles. The van der Waals surface area contributed by atoms with E-state index in [2.05, 4.69) is 170 Å². The third-order valence-electron chi connectivity index (χ3n) is 8.32. The van der Waals surface area contributed by atoms with Gasteiger partial charge < -0.3 is 4.57 Å². The second kappa shape index (κ2) is 14.0. The van der Waals surface area contributed by atoms with Crippen LogP contribution in [0.3, 0.4) is 0 Å². The predicted molar refractivity (Wildman–Crippen MR) is 204 cm³/mol. The quantitative estimate of drug-likeness (QED) is 0.142. The monoisotopic (exact) mass is 593 g/mol. The van der Waals surface area contributed by atoms with Gasteiger partial charge in [-0.15, -0.1) is 0 Å². The molecule has 0 atom stereocenters. The van der Waals surface area contributed by atoms with Crippen LogP contribution in [0.2, 0.25) is 0 Å². The van der Waals surface area contributed by atoms with E-state index in [1.165, 1.54) is 70.9 Å². The Labute approximate surface area is 272 Å². The van der Waals surface area contributed by atoms with E-state index in [-0.39, 0.29) is 0 Å². The third kappa shape index (κ3) is 6.01. The highest BCUT2D eigenvalue weighted by Crippen LogP contribution is 2.35. The molecule has 0 aliphatic rings. The zero-order valence-electron chi connectivity index (χ0n) is 26.8. The Balaban J connectivity index is 0.000000142. The molecule has 0 fully saturated rings. The molecule has 1 heterocycles. The summed E-state index contributed by atoms with van der Waals surface area (Å²) in [4.78, 5) is 0. The van der Waals surface area contributed by atoms with Crippen molar-refractivity contribution in [2.45, 2.75) is 20.8 Å². The van der Waals surface area contributed by atoms with E-state index in [0.717, 1.165) is 0 Å². The number of benzene rings is 7. The van der Waals surface area contributed by atoms with E-state index < -0.39 is 0 Å². The van der Waals surface area contributed by atoms with E-state index in [1.54, 1.807) is 6.08 Å². The van der Waals surface area contributed by atoms with Crippen LogP contribution in [0.5, 0.6) is 0 Å². The molecule has 0 saturated heterocycles. The maximum Gasteiger partial charge on any atom is 0.0541 e. The minimum absolute atomic E-state index is 1.20. The van der Waals surface area contributed by atoms with E-state index in [0.29, 0.717) is 0 Å². The first-order valence-corrected chi connectivity index (χ1v) is 15.9. The van der Waals surface area contributed by atoms with Gasteiger partial charge in [0.15, 0.2) is 0 Å². The fourth-order valence-electron chi connectivity index (χ4n) is 6.29. The van der Waals surface area contributed by atoms with Gasteiger partial charge in [-0.1, -0.05) is 158 Å². The molecule has 8 aromatic rings. The second-order valence-electron chi connectivity index (χ2n) is 11.4. The zero-order chi connectivity index (χ0) is 31.9. The molecular formula is C45H39N. The molecule has 0 radical (unpaired) electrons. The number of aromatic nitrogens is 1. The molecule has 0 N–H and O–H groups in total. The Morgan fingerprint density at radius 3 is 1.39 bits per heavy atom. The van der Waals surface area contributed by atoms with Gasteiger partial charge in [0.1, 0.15) is 0 Å². The second-order valence-corrected chi connectivity index (χ2v) is 11.4. The summed E-state index contributed by atoms with van der Waals surface area (Å²) in [6, 6.07) is 50.0. The average molecular weight is 594 g/mol. The van der Waals surface area contributed by atoms with Gasteiger partial charge in [-0.3, -0.25) is 0 Å². The van der Waals surface area contributed by atoms with Gasteiger partial charge in [0, 0.05) is 16.5 Å². The molecular weight excluding hydrogens is 555 g/mol. The molecule has 8 rings (SSSR count). The third-order valence-corrected chi connectivity index (χ3v) is 8.32. The molecule has 0 aliphatic carbocycles. The molecule has 0 spiro atoms. The molecule has 0 unspecified atom stereocenters. The van der Waals surface area contributed by atoms with E-state index >= 15 is 0 Å². The highest BCUT2D eigenvalue weighted by Gasteiger charge is 2.11. The van der Waals surface area contributed by atoms with Crippen LogP contribution < -0.4 is 0 Å². The number of rotatable bonds is 3. The minimum Gasteiger partial charge on any atom is -0.309 e. The average Bonchev–Trinajstić information content (AvgIpc) is 3.44. The molecule has 0 bridgehead atoms. The van der Waals surface area contributed by atoms with Crippen LogP contribution in [-0.2, 0) is 0 Å².